The SMILES string of the molecule is CC[C@H](NC(=O)N[C@@H](C)CC)c1ccccc1. The number of carbonyl (C=O) groups excluding carboxylic acids is 1. The smallest absolute Gasteiger partial charge is 0.315 e. The third kappa shape index (κ3) is 4.47. The molecule has 0 aromatic heterocycles. The fourth-order valence-electron chi connectivity index (χ4n) is 1.63. The van der Waals surface area contributed by atoms with Gasteiger partial charge in [-0.15, -0.1) is 0 Å². The van der Waals surface area contributed by atoms with E-state index in [0.29, 0.717) is 0 Å². The molecule has 17 heavy (non-hydrogen) atoms. The number of rotatable bonds is 5. The highest BCUT2D eigenvalue weighted by Crippen LogP contribution is 2.15. The first kappa shape index (κ1) is 13.6. The van der Waals surface area contributed by atoms with E-state index in [1.807, 2.05) is 37.3 Å². The monoisotopic (exact) mass is 234 g/mol. The maximum absolute atomic E-state index is 11.7. The van der Waals surface area contributed by atoms with Gasteiger partial charge in [0.2, 0.25) is 0 Å². The zero-order valence-corrected chi connectivity index (χ0v) is 10.9. The number of benzene rings is 1. The van der Waals surface area contributed by atoms with Gasteiger partial charge in [0.05, 0.1) is 6.04 Å². The molecule has 3 nitrogen and oxygen atoms in total. The van der Waals surface area contributed by atoms with Crippen LogP contribution in [0.1, 0.15) is 45.2 Å². The lowest BCUT2D eigenvalue weighted by atomic mass is 10.1. The second-order valence-corrected chi connectivity index (χ2v) is 4.30. The molecule has 0 saturated heterocycles. The molecule has 1 aromatic carbocycles. The summed E-state index contributed by atoms with van der Waals surface area (Å²) in [4.78, 5) is 11.7. The van der Waals surface area contributed by atoms with Crippen molar-refractivity contribution in [3.8, 4) is 0 Å². The van der Waals surface area contributed by atoms with E-state index in [4.69, 9.17) is 0 Å². The summed E-state index contributed by atoms with van der Waals surface area (Å²) in [5, 5.41) is 5.91. The first-order chi connectivity index (χ1) is 8.17. The topological polar surface area (TPSA) is 41.1 Å². The third-order valence-electron chi connectivity index (χ3n) is 2.91. The van der Waals surface area contributed by atoms with Crippen LogP contribution in [0.15, 0.2) is 30.3 Å². The van der Waals surface area contributed by atoms with Crippen molar-refractivity contribution in [2.45, 2.75) is 45.7 Å². The molecule has 2 atom stereocenters. The average Bonchev–Trinajstić information content (AvgIpc) is 2.36. The van der Waals surface area contributed by atoms with Crippen LogP contribution in [-0.4, -0.2) is 12.1 Å². The van der Waals surface area contributed by atoms with Gasteiger partial charge >= 0.3 is 6.03 Å². The summed E-state index contributed by atoms with van der Waals surface area (Å²) in [6, 6.07) is 10.3. The molecule has 0 unspecified atom stereocenters. The highest BCUT2D eigenvalue weighted by molar-refractivity contribution is 5.74. The first-order valence-corrected chi connectivity index (χ1v) is 6.29. The zero-order valence-electron chi connectivity index (χ0n) is 10.9. The molecule has 0 aliphatic heterocycles. The molecule has 0 saturated carbocycles. The normalized spacial score (nSPS) is 13.8. The fourth-order valence-corrected chi connectivity index (χ4v) is 1.63. The molecule has 3 heteroatoms. The van der Waals surface area contributed by atoms with Crippen molar-refractivity contribution in [2.24, 2.45) is 0 Å². The number of hydrogen-bond donors (Lipinski definition) is 2. The van der Waals surface area contributed by atoms with Crippen LogP contribution in [-0.2, 0) is 0 Å². The van der Waals surface area contributed by atoms with Gasteiger partial charge in [0.15, 0.2) is 0 Å². The standard InChI is InChI=1S/C14H22N2O/c1-4-11(3)15-14(17)16-13(5-2)12-9-7-6-8-10-12/h6-11,13H,4-5H2,1-3H3,(H2,15,16,17)/t11-,13-/m0/s1. The van der Waals surface area contributed by atoms with E-state index in [9.17, 15) is 4.79 Å². The Hall–Kier alpha value is -1.51. The molecule has 0 spiro atoms. The molecule has 0 heterocycles. The summed E-state index contributed by atoms with van der Waals surface area (Å²) < 4.78 is 0. The van der Waals surface area contributed by atoms with Crippen molar-refractivity contribution in [3.05, 3.63) is 35.9 Å². The highest BCUT2D eigenvalue weighted by Gasteiger charge is 2.12. The molecule has 0 aliphatic rings. The predicted molar refractivity (Wildman–Crippen MR) is 70.9 cm³/mol. The molecule has 0 fully saturated rings. The number of amides is 2. The van der Waals surface area contributed by atoms with Crippen LogP contribution >= 0.6 is 0 Å². The second-order valence-electron chi connectivity index (χ2n) is 4.30. The molecular weight excluding hydrogens is 212 g/mol. The van der Waals surface area contributed by atoms with Crippen molar-refractivity contribution in [1.29, 1.82) is 0 Å². The second kappa shape index (κ2) is 6.94. The number of carbonyl (C=O) groups is 1. The van der Waals surface area contributed by atoms with Gasteiger partial charge in [-0.2, -0.15) is 0 Å². The summed E-state index contributed by atoms with van der Waals surface area (Å²) in [7, 11) is 0. The molecule has 0 aliphatic carbocycles. The Morgan fingerprint density at radius 2 is 1.76 bits per heavy atom. The lowest BCUT2D eigenvalue weighted by Crippen LogP contribution is -2.42. The van der Waals surface area contributed by atoms with Crippen LogP contribution in [0.2, 0.25) is 0 Å². The Labute approximate surface area is 104 Å². The van der Waals surface area contributed by atoms with Crippen LogP contribution in [0.25, 0.3) is 0 Å². The lowest BCUT2D eigenvalue weighted by molar-refractivity contribution is 0.233. The van der Waals surface area contributed by atoms with E-state index in [1.54, 1.807) is 0 Å². The maximum atomic E-state index is 11.7. The van der Waals surface area contributed by atoms with Crippen LogP contribution in [0.3, 0.4) is 0 Å². The van der Waals surface area contributed by atoms with E-state index in [2.05, 4.69) is 24.5 Å². The quantitative estimate of drug-likeness (QED) is 0.807. The van der Waals surface area contributed by atoms with Crippen molar-refractivity contribution in [3.63, 3.8) is 0 Å². The molecule has 0 bridgehead atoms. The zero-order chi connectivity index (χ0) is 12.7. The summed E-state index contributed by atoms with van der Waals surface area (Å²) in [5.74, 6) is 0. The fraction of sp³-hybridized carbons (Fsp3) is 0.500. The number of nitrogens with one attached hydrogen (secondary N) is 2. The molecule has 0 radical (unpaired) electrons. The van der Waals surface area contributed by atoms with Crippen molar-refractivity contribution in [2.75, 3.05) is 0 Å². The van der Waals surface area contributed by atoms with E-state index in [1.165, 1.54) is 0 Å². The van der Waals surface area contributed by atoms with Crippen LogP contribution in [0, 0.1) is 0 Å². The minimum absolute atomic E-state index is 0.0836. The maximum Gasteiger partial charge on any atom is 0.315 e. The predicted octanol–water partition coefficient (Wildman–Crippen LogP) is 3.24. The Morgan fingerprint density at radius 1 is 1.12 bits per heavy atom. The van der Waals surface area contributed by atoms with Gasteiger partial charge in [0, 0.05) is 6.04 Å². The molecule has 1 aromatic rings. The van der Waals surface area contributed by atoms with Crippen LogP contribution in [0.4, 0.5) is 4.79 Å². The highest BCUT2D eigenvalue weighted by atomic mass is 16.2. The lowest BCUT2D eigenvalue weighted by Gasteiger charge is -2.19. The van der Waals surface area contributed by atoms with E-state index < -0.39 is 0 Å². The van der Waals surface area contributed by atoms with Gasteiger partial charge in [-0.25, -0.2) is 4.79 Å². The Bertz CT molecular complexity index is 337. The van der Waals surface area contributed by atoms with Gasteiger partial charge in [-0.05, 0) is 25.3 Å². The van der Waals surface area contributed by atoms with Gasteiger partial charge in [0.25, 0.3) is 0 Å². The van der Waals surface area contributed by atoms with Crippen LogP contribution < -0.4 is 10.6 Å². The molecular formula is C14H22N2O. The van der Waals surface area contributed by atoms with Crippen molar-refractivity contribution < 1.29 is 4.79 Å². The van der Waals surface area contributed by atoms with Gasteiger partial charge in [-0.1, -0.05) is 44.2 Å². The number of urea groups is 1. The Kier molecular flexibility index (Phi) is 5.53. The number of hydrogen-bond acceptors (Lipinski definition) is 1. The minimum Gasteiger partial charge on any atom is -0.336 e. The van der Waals surface area contributed by atoms with Gasteiger partial charge < -0.3 is 10.6 Å². The summed E-state index contributed by atoms with van der Waals surface area (Å²) >= 11 is 0. The van der Waals surface area contributed by atoms with E-state index in [-0.39, 0.29) is 18.1 Å². The molecule has 2 N–H and O–H groups in total. The van der Waals surface area contributed by atoms with E-state index >= 15 is 0 Å². The summed E-state index contributed by atoms with van der Waals surface area (Å²) in [6.45, 7) is 6.13. The summed E-state index contributed by atoms with van der Waals surface area (Å²) in [5.41, 5.74) is 1.15. The van der Waals surface area contributed by atoms with Crippen molar-refractivity contribution >= 4 is 6.03 Å². The largest absolute Gasteiger partial charge is 0.336 e. The minimum atomic E-state index is -0.0879. The van der Waals surface area contributed by atoms with Gasteiger partial charge in [0.1, 0.15) is 0 Å². The Balaban J connectivity index is 2.56. The van der Waals surface area contributed by atoms with Crippen molar-refractivity contribution in [1.82, 2.24) is 10.6 Å². The average molecular weight is 234 g/mol. The summed E-state index contributed by atoms with van der Waals surface area (Å²) in [6.07, 6.45) is 1.83. The first-order valence-electron chi connectivity index (χ1n) is 6.29. The molecule has 94 valence electrons. The van der Waals surface area contributed by atoms with Crippen LogP contribution in [0.5, 0.6) is 0 Å². The molecule has 1 rings (SSSR count). The Morgan fingerprint density at radius 3 is 2.29 bits per heavy atom. The third-order valence-corrected chi connectivity index (χ3v) is 2.91. The van der Waals surface area contributed by atoms with Gasteiger partial charge in [-0.3, -0.25) is 0 Å². The molecule has 2 amide bonds. The van der Waals surface area contributed by atoms with E-state index in [0.717, 1.165) is 18.4 Å².